The van der Waals surface area contributed by atoms with Crippen molar-refractivity contribution in [1.29, 1.82) is 0 Å². The van der Waals surface area contributed by atoms with Crippen molar-refractivity contribution in [2.24, 2.45) is 5.92 Å². The van der Waals surface area contributed by atoms with Crippen LogP contribution in [0.5, 0.6) is 5.75 Å². The average molecular weight is 257 g/mol. The minimum absolute atomic E-state index is 0.00837. The molecule has 0 bridgehead atoms. The summed E-state index contributed by atoms with van der Waals surface area (Å²) in [4.78, 5) is 22.8. The fourth-order valence-corrected chi connectivity index (χ4v) is 1.22. The molecule has 0 aliphatic rings. The molecule has 0 spiro atoms. The number of aromatic hydroxyl groups is 1. The monoisotopic (exact) mass is 256 g/mol. The van der Waals surface area contributed by atoms with Crippen molar-refractivity contribution in [2.45, 2.75) is 13.8 Å². The van der Waals surface area contributed by atoms with Crippen molar-refractivity contribution < 1.29 is 19.4 Å². The maximum absolute atomic E-state index is 11.5. The van der Waals surface area contributed by atoms with Crippen molar-refractivity contribution in [2.75, 3.05) is 6.61 Å². The molecule has 0 amide bonds. The van der Waals surface area contributed by atoms with E-state index in [-0.39, 0.29) is 29.6 Å². The third-order valence-corrected chi connectivity index (χ3v) is 2.40. The summed E-state index contributed by atoms with van der Waals surface area (Å²) in [6.07, 6.45) is 0. The molecule has 1 aromatic carbocycles. The number of ketones is 1. The summed E-state index contributed by atoms with van der Waals surface area (Å²) in [5, 5.41) is 9.78. The van der Waals surface area contributed by atoms with Gasteiger partial charge in [0.25, 0.3) is 0 Å². The Balaban J connectivity index is 2.68. The molecule has 17 heavy (non-hydrogen) atoms. The Morgan fingerprint density at radius 3 is 2.59 bits per heavy atom. The van der Waals surface area contributed by atoms with E-state index in [0.29, 0.717) is 5.02 Å². The maximum Gasteiger partial charge on any atom is 0.342 e. The first-order valence-electron chi connectivity index (χ1n) is 5.10. The van der Waals surface area contributed by atoms with Crippen LogP contribution >= 0.6 is 11.6 Å². The van der Waals surface area contributed by atoms with Crippen LogP contribution in [-0.4, -0.2) is 23.5 Å². The van der Waals surface area contributed by atoms with Crippen LogP contribution in [0.1, 0.15) is 24.2 Å². The van der Waals surface area contributed by atoms with Gasteiger partial charge in [0, 0.05) is 10.9 Å². The molecule has 92 valence electrons. The Bertz CT molecular complexity index is 440. The van der Waals surface area contributed by atoms with Gasteiger partial charge in [-0.05, 0) is 18.2 Å². The molecule has 5 heteroatoms. The molecule has 0 unspecified atom stereocenters. The highest BCUT2D eigenvalue weighted by molar-refractivity contribution is 6.30. The largest absolute Gasteiger partial charge is 0.507 e. The van der Waals surface area contributed by atoms with E-state index in [1.54, 1.807) is 13.8 Å². The zero-order valence-corrected chi connectivity index (χ0v) is 10.3. The van der Waals surface area contributed by atoms with E-state index in [0.717, 1.165) is 0 Å². The summed E-state index contributed by atoms with van der Waals surface area (Å²) in [5.41, 5.74) is -0.00837. The Kier molecular flexibility index (Phi) is 4.52. The Morgan fingerprint density at radius 2 is 2.06 bits per heavy atom. The number of carbonyl (C=O) groups is 2. The predicted octanol–water partition coefficient (Wildman–Crippen LogP) is 2.43. The number of carbonyl (C=O) groups excluding carboxylic acids is 2. The van der Waals surface area contributed by atoms with Crippen LogP contribution in [0.4, 0.5) is 0 Å². The lowest BCUT2D eigenvalue weighted by Crippen LogP contribution is -2.18. The summed E-state index contributed by atoms with van der Waals surface area (Å²) in [6.45, 7) is 3.14. The molecule has 0 radical (unpaired) electrons. The molecule has 4 nitrogen and oxygen atoms in total. The lowest BCUT2D eigenvalue weighted by Gasteiger charge is -2.07. The van der Waals surface area contributed by atoms with Gasteiger partial charge in [-0.1, -0.05) is 25.4 Å². The predicted molar refractivity (Wildman–Crippen MR) is 63.2 cm³/mol. The van der Waals surface area contributed by atoms with E-state index >= 15 is 0 Å². The van der Waals surface area contributed by atoms with Gasteiger partial charge in [0.2, 0.25) is 0 Å². The van der Waals surface area contributed by atoms with E-state index in [1.165, 1.54) is 18.2 Å². The van der Waals surface area contributed by atoms with Crippen LogP contribution in [0.15, 0.2) is 18.2 Å². The Labute approximate surface area is 104 Å². The molecule has 0 aliphatic carbocycles. The van der Waals surface area contributed by atoms with Crippen LogP contribution in [0.3, 0.4) is 0 Å². The molecular weight excluding hydrogens is 244 g/mol. The van der Waals surface area contributed by atoms with Gasteiger partial charge in [-0.3, -0.25) is 4.79 Å². The zero-order valence-electron chi connectivity index (χ0n) is 9.57. The molecule has 0 aromatic heterocycles. The van der Waals surface area contributed by atoms with E-state index in [4.69, 9.17) is 16.3 Å². The quantitative estimate of drug-likeness (QED) is 0.841. The second-order valence-electron chi connectivity index (χ2n) is 3.86. The van der Waals surface area contributed by atoms with Crippen molar-refractivity contribution in [3.63, 3.8) is 0 Å². The molecule has 1 rings (SSSR count). The van der Waals surface area contributed by atoms with Crippen LogP contribution < -0.4 is 0 Å². The molecule has 0 heterocycles. The van der Waals surface area contributed by atoms with Gasteiger partial charge in [0.05, 0.1) is 0 Å². The van der Waals surface area contributed by atoms with Crippen LogP contribution in [0.2, 0.25) is 5.02 Å². The zero-order chi connectivity index (χ0) is 13.0. The van der Waals surface area contributed by atoms with E-state index < -0.39 is 5.97 Å². The number of halogens is 1. The smallest absolute Gasteiger partial charge is 0.342 e. The number of benzene rings is 1. The number of esters is 1. The minimum atomic E-state index is -0.742. The Morgan fingerprint density at radius 1 is 1.41 bits per heavy atom. The lowest BCUT2D eigenvalue weighted by atomic mass is 10.1. The van der Waals surface area contributed by atoms with Gasteiger partial charge >= 0.3 is 5.97 Å². The van der Waals surface area contributed by atoms with Gasteiger partial charge in [0.1, 0.15) is 11.3 Å². The summed E-state index contributed by atoms with van der Waals surface area (Å²) in [7, 11) is 0. The highest BCUT2D eigenvalue weighted by Crippen LogP contribution is 2.22. The SMILES string of the molecule is CC(C)C(=O)COC(=O)c1ccc(Cl)cc1O. The van der Waals surface area contributed by atoms with Crippen LogP contribution in [0, 0.1) is 5.92 Å². The summed E-state index contributed by atoms with van der Waals surface area (Å²) < 4.78 is 4.78. The molecule has 1 aromatic rings. The second kappa shape index (κ2) is 5.68. The van der Waals surface area contributed by atoms with Crippen molar-refractivity contribution >= 4 is 23.4 Å². The van der Waals surface area contributed by atoms with Crippen molar-refractivity contribution in [3.8, 4) is 5.75 Å². The molecule has 1 N–H and O–H groups in total. The fraction of sp³-hybridized carbons (Fsp3) is 0.333. The minimum Gasteiger partial charge on any atom is -0.507 e. The number of ether oxygens (including phenoxy) is 1. The van der Waals surface area contributed by atoms with E-state index in [2.05, 4.69) is 0 Å². The molecule has 0 fully saturated rings. The molecule has 0 aliphatic heterocycles. The van der Waals surface area contributed by atoms with Crippen LogP contribution in [0.25, 0.3) is 0 Å². The highest BCUT2D eigenvalue weighted by Gasteiger charge is 2.15. The Hall–Kier alpha value is -1.55. The molecule has 0 atom stereocenters. The van der Waals surface area contributed by atoms with Gasteiger partial charge < -0.3 is 9.84 Å². The number of phenols is 1. The molecule has 0 saturated carbocycles. The fourth-order valence-electron chi connectivity index (χ4n) is 1.06. The summed E-state index contributed by atoms with van der Waals surface area (Å²) >= 11 is 5.62. The molecular formula is C12H13ClO4. The number of rotatable bonds is 4. The number of hydrogen-bond acceptors (Lipinski definition) is 4. The summed E-state index contributed by atoms with van der Waals surface area (Å²) in [5.74, 6) is -1.37. The maximum atomic E-state index is 11.5. The topological polar surface area (TPSA) is 63.6 Å². The average Bonchev–Trinajstić information content (AvgIpc) is 2.25. The van der Waals surface area contributed by atoms with Crippen LogP contribution in [-0.2, 0) is 9.53 Å². The second-order valence-corrected chi connectivity index (χ2v) is 4.30. The first-order valence-corrected chi connectivity index (χ1v) is 5.48. The third kappa shape index (κ3) is 3.75. The standard InChI is InChI=1S/C12H13ClO4/c1-7(2)11(15)6-17-12(16)9-4-3-8(13)5-10(9)14/h3-5,7,14H,6H2,1-2H3. The summed E-state index contributed by atoms with van der Waals surface area (Å²) in [6, 6.07) is 4.05. The number of Topliss-reactive ketones (excluding diaryl/α,β-unsaturated/α-hetero) is 1. The first kappa shape index (κ1) is 13.5. The lowest BCUT2D eigenvalue weighted by molar-refractivity contribution is -0.125. The normalized spacial score (nSPS) is 10.4. The first-order chi connectivity index (χ1) is 7.91. The number of phenolic OH excluding ortho intramolecular Hbond substituents is 1. The molecule has 0 saturated heterocycles. The number of hydrogen-bond donors (Lipinski definition) is 1. The van der Waals surface area contributed by atoms with Crippen molar-refractivity contribution in [1.82, 2.24) is 0 Å². The van der Waals surface area contributed by atoms with Gasteiger partial charge in [0.15, 0.2) is 12.4 Å². The van der Waals surface area contributed by atoms with E-state index in [1.807, 2.05) is 0 Å². The van der Waals surface area contributed by atoms with Gasteiger partial charge in [-0.25, -0.2) is 4.79 Å². The third-order valence-electron chi connectivity index (χ3n) is 2.17. The van der Waals surface area contributed by atoms with Gasteiger partial charge in [-0.15, -0.1) is 0 Å². The van der Waals surface area contributed by atoms with E-state index in [9.17, 15) is 14.7 Å². The van der Waals surface area contributed by atoms with Crippen molar-refractivity contribution in [3.05, 3.63) is 28.8 Å². The van der Waals surface area contributed by atoms with Gasteiger partial charge in [-0.2, -0.15) is 0 Å². The highest BCUT2D eigenvalue weighted by atomic mass is 35.5.